The Morgan fingerprint density at radius 3 is 2.63 bits per heavy atom. The number of rotatable bonds is 8. The molecule has 0 atom stereocenters. The maximum Gasteiger partial charge on any atom is 0.335 e. The van der Waals surface area contributed by atoms with Gasteiger partial charge in [-0.15, -0.1) is 0 Å². The average Bonchev–Trinajstić information content (AvgIpc) is 3.13. The van der Waals surface area contributed by atoms with Crippen LogP contribution in [0.3, 0.4) is 0 Å². The van der Waals surface area contributed by atoms with Gasteiger partial charge in [0.2, 0.25) is 0 Å². The maximum atomic E-state index is 12.9. The highest BCUT2D eigenvalue weighted by Gasteiger charge is 2.30. The van der Waals surface area contributed by atoms with Crippen LogP contribution in [0.2, 0.25) is 10.0 Å². The van der Waals surface area contributed by atoms with Gasteiger partial charge in [-0.05, 0) is 94.3 Å². The van der Waals surface area contributed by atoms with Gasteiger partial charge in [0.25, 0.3) is 5.91 Å². The van der Waals surface area contributed by atoms with Crippen LogP contribution in [-0.4, -0.2) is 40.7 Å². The summed E-state index contributed by atoms with van der Waals surface area (Å²) in [6, 6.07) is 15.2. The molecule has 0 spiro atoms. The molecule has 4 rings (SSSR count). The predicted octanol–water partition coefficient (Wildman–Crippen LogP) is 7.67. The van der Waals surface area contributed by atoms with Gasteiger partial charge in [0.1, 0.15) is 6.61 Å². The summed E-state index contributed by atoms with van der Waals surface area (Å²) in [7, 11) is 1.62. The number of likely N-dealkylation sites (N-methyl/N-ethyl adjacent to an activating group) is 1. The van der Waals surface area contributed by atoms with Gasteiger partial charge in [-0.25, -0.2) is 9.79 Å². The zero-order chi connectivity index (χ0) is 27.4. The number of aromatic carboxylic acids is 1. The largest absolute Gasteiger partial charge is 0.490 e. The summed E-state index contributed by atoms with van der Waals surface area (Å²) in [4.78, 5) is 30.6. The van der Waals surface area contributed by atoms with Gasteiger partial charge in [-0.3, -0.25) is 9.69 Å². The Bertz CT molecular complexity index is 1480. The molecule has 1 N–H and O–H groups in total. The number of thioether (sulfide) groups is 1. The zero-order valence-electron chi connectivity index (χ0n) is 20.2. The highest BCUT2D eigenvalue weighted by atomic mass is 79.9. The predicted molar refractivity (Wildman–Crippen MR) is 155 cm³/mol. The third-order valence-corrected chi connectivity index (χ3v) is 7.71. The molecule has 1 amide bonds. The van der Waals surface area contributed by atoms with Crippen molar-refractivity contribution in [3.05, 3.63) is 90.7 Å². The number of hydrogen-bond donors (Lipinski definition) is 1. The molecule has 0 saturated carbocycles. The molecular weight excluding hydrogens is 615 g/mol. The molecule has 1 aliphatic rings. The molecule has 1 aliphatic heterocycles. The first-order valence-electron chi connectivity index (χ1n) is 11.3. The van der Waals surface area contributed by atoms with Crippen LogP contribution in [-0.2, 0) is 11.4 Å². The van der Waals surface area contributed by atoms with E-state index in [2.05, 4.69) is 20.9 Å². The van der Waals surface area contributed by atoms with E-state index in [9.17, 15) is 14.7 Å². The number of halogens is 3. The highest BCUT2D eigenvalue weighted by molar-refractivity contribution is 9.10. The molecular formula is C27H21BrCl2N2O5S. The number of carboxylic acid groups (broad SMARTS) is 1. The molecule has 0 bridgehead atoms. The minimum atomic E-state index is -1.05. The number of aliphatic imine (C=N–C) groups is 1. The molecule has 0 aromatic heterocycles. The van der Waals surface area contributed by atoms with E-state index in [0.29, 0.717) is 48.4 Å². The second kappa shape index (κ2) is 12.3. The van der Waals surface area contributed by atoms with Gasteiger partial charge in [0, 0.05) is 7.05 Å². The van der Waals surface area contributed by atoms with Crippen molar-refractivity contribution < 1.29 is 24.2 Å². The Labute approximate surface area is 242 Å². The van der Waals surface area contributed by atoms with Crippen molar-refractivity contribution in [3.8, 4) is 11.5 Å². The van der Waals surface area contributed by atoms with Crippen molar-refractivity contribution in [3.63, 3.8) is 0 Å². The smallest absolute Gasteiger partial charge is 0.335 e. The Balaban J connectivity index is 1.59. The fourth-order valence-electron chi connectivity index (χ4n) is 3.48. The van der Waals surface area contributed by atoms with E-state index in [0.717, 1.165) is 11.1 Å². The van der Waals surface area contributed by atoms with Crippen LogP contribution >= 0.6 is 50.9 Å². The van der Waals surface area contributed by atoms with E-state index in [4.69, 9.17) is 32.7 Å². The average molecular weight is 636 g/mol. The van der Waals surface area contributed by atoms with Crippen LogP contribution in [0.5, 0.6) is 11.5 Å². The second-order valence-electron chi connectivity index (χ2n) is 8.02. The van der Waals surface area contributed by atoms with Gasteiger partial charge < -0.3 is 14.6 Å². The van der Waals surface area contributed by atoms with E-state index in [-0.39, 0.29) is 18.1 Å². The molecule has 3 aromatic carbocycles. The first kappa shape index (κ1) is 28.0. The SMILES string of the molecule is CCOc1cc(C=C2SC(=Nc3cccc(C(=O)O)c3)N(C)C2=O)cc(Br)c1OCc1ccc(Cl)c(Cl)c1. The lowest BCUT2D eigenvalue weighted by Crippen LogP contribution is -2.23. The van der Waals surface area contributed by atoms with Gasteiger partial charge in [0.05, 0.1) is 37.3 Å². The lowest BCUT2D eigenvalue weighted by atomic mass is 10.1. The second-order valence-corrected chi connectivity index (χ2v) is 10.7. The number of carbonyl (C=O) groups is 2. The van der Waals surface area contributed by atoms with Crippen LogP contribution in [0.25, 0.3) is 6.08 Å². The van der Waals surface area contributed by atoms with Crippen LogP contribution in [0, 0.1) is 0 Å². The summed E-state index contributed by atoms with van der Waals surface area (Å²) in [6.07, 6.45) is 1.75. The normalized spacial score (nSPS) is 15.4. The molecule has 11 heteroatoms. The lowest BCUT2D eigenvalue weighted by molar-refractivity contribution is -0.121. The van der Waals surface area contributed by atoms with Crippen molar-refractivity contribution in [2.45, 2.75) is 13.5 Å². The Morgan fingerprint density at radius 2 is 1.92 bits per heavy atom. The van der Waals surface area contributed by atoms with E-state index in [1.807, 2.05) is 19.1 Å². The van der Waals surface area contributed by atoms with Gasteiger partial charge in [-0.1, -0.05) is 35.3 Å². The van der Waals surface area contributed by atoms with Gasteiger partial charge in [0.15, 0.2) is 16.7 Å². The third-order valence-electron chi connectivity index (χ3n) is 5.32. The standard InChI is InChI=1S/C27H21BrCl2N2O5S/c1-3-36-22-11-16(9-19(28)24(22)37-14-15-7-8-20(29)21(30)10-15)12-23-25(33)32(2)27(38-23)31-18-6-4-5-17(13-18)26(34)35/h4-13H,3,14H2,1-2H3,(H,34,35). The molecule has 3 aromatic rings. The Hall–Kier alpha value is -2.98. The monoisotopic (exact) mass is 634 g/mol. The van der Waals surface area contributed by atoms with E-state index in [1.54, 1.807) is 43.5 Å². The first-order chi connectivity index (χ1) is 18.2. The summed E-state index contributed by atoms with van der Waals surface area (Å²) >= 11 is 16.9. The fourth-order valence-corrected chi connectivity index (χ4v) is 5.36. The first-order valence-corrected chi connectivity index (χ1v) is 13.7. The molecule has 196 valence electrons. The van der Waals surface area contributed by atoms with Gasteiger partial charge in [-0.2, -0.15) is 0 Å². The molecule has 7 nitrogen and oxygen atoms in total. The van der Waals surface area contributed by atoms with Gasteiger partial charge >= 0.3 is 5.97 Å². The summed E-state index contributed by atoms with van der Waals surface area (Å²) in [5, 5.41) is 10.6. The van der Waals surface area contributed by atoms with E-state index in [1.165, 1.54) is 28.8 Å². The highest BCUT2D eigenvalue weighted by Crippen LogP contribution is 2.40. The molecule has 0 aliphatic carbocycles. The van der Waals surface area contributed by atoms with Crippen LogP contribution in [0.15, 0.2) is 69.0 Å². The number of amides is 1. The molecule has 1 saturated heterocycles. The number of ether oxygens (including phenoxy) is 2. The summed E-state index contributed by atoms with van der Waals surface area (Å²) in [5.74, 6) is -0.242. The Morgan fingerprint density at radius 1 is 1.13 bits per heavy atom. The number of benzene rings is 3. The quantitative estimate of drug-likeness (QED) is 0.256. The molecule has 1 fully saturated rings. The van der Waals surface area contributed by atoms with Crippen molar-refractivity contribution >= 4 is 79.7 Å². The van der Waals surface area contributed by atoms with Crippen LogP contribution in [0.1, 0.15) is 28.4 Å². The van der Waals surface area contributed by atoms with Crippen molar-refractivity contribution in [2.24, 2.45) is 4.99 Å². The number of amidine groups is 1. The van der Waals surface area contributed by atoms with Crippen molar-refractivity contribution in [1.82, 2.24) is 4.90 Å². The number of nitrogens with zero attached hydrogens (tertiary/aromatic N) is 2. The van der Waals surface area contributed by atoms with Crippen LogP contribution < -0.4 is 9.47 Å². The van der Waals surface area contributed by atoms with Crippen molar-refractivity contribution in [2.75, 3.05) is 13.7 Å². The van der Waals surface area contributed by atoms with Crippen LogP contribution in [0.4, 0.5) is 5.69 Å². The molecule has 0 radical (unpaired) electrons. The third kappa shape index (κ3) is 6.53. The zero-order valence-corrected chi connectivity index (χ0v) is 24.1. The fraction of sp³-hybridized carbons (Fsp3) is 0.148. The van der Waals surface area contributed by atoms with E-state index < -0.39 is 5.97 Å². The van der Waals surface area contributed by atoms with E-state index >= 15 is 0 Å². The summed E-state index contributed by atoms with van der Waals surface area (Å²) in [5.41, 5.74) is 2.13. The minimum absolute atomic E-state index is 0.120. The maximum absolute atomic E-state index is 12.9. The number of carboxylic acids is 1. The van der Waals surface area contributed by atoms with Crippen molar-refractivity contribution in [1.29, 1.82) is 0 Å². The molecule has 38 heavy (non-hydrogen) atoms. The number of carbonyl (C=O) groups excluding carboxylic acids is 1. The summed E-state index contributed by atoms with van der Waals surface area (Å²) in [6.45, 7) is 2.53. The molecule has 1 heterocycles. The lowest BCUT2D eigenvalue weighted by Gasteiger charge is -2.15. The molecule has 0 unspecified atom stereocenters. The summed E-state index contributed by atoms with van der Waals surface area (Å²) < 4.78 is 12.5. The topological polar surface area (TPSA) is 88.4 Å². The minimum Gasteiger partial charge on any atom is -0.490 e. The number of hydrogen-bond acceptors (Lipinski definition) is 6. The Kier molecular flexibility index (Phi) is 9.04.